The summed E-state index contributed by atoms with van der Waals surface area (Å²) < 4.78 is 0. The van der Waals surface area contributed by atoms with Gasteiger partial charge in [-0.3, -0.25) is 0 Å². The van der Waals surface area contributed by atoms with Gasteiger partial charge in [-0.1, -0.05) is 52.5 Å². The molecule has 0 unspecified atom stereocenters. The molecule has 0 aliphatic heterocycles. The molecule has 0 aliphatic carbocycles. The molecular weight excluding hydrogens is 300 g/mol. The highest BCUT2D eigenvalue weighted by molar-refractivity contribution is 6.43. The average Bonchev–Trinajstić information content (AvgIpc) is 2.19. The molecule has 0 atom stereocenters. The summed E-state index contributed by atoms with van der Waals surface area (Å²) in [4.78, 5) is 0. The third kappa shape index (κ3) is 2.63. The number of hydrogen-bond acceptors (Lipinski definition) is 1. The van der Waals surface area contributed by atoms with Gasteiger partial charge in [-0.2, -0.15) is 0 Å². The number of rotatable bonds is 1. The molecule has 88 valence electrons. The van der Waals surface area contributed by atoms with E-state index in [9.17, 15) is 0 Å². The molecule has 0 amide bonds. The Morgan fingerprint density at radius 3 is 1.88 bits per heavy atom. The maximum Gasteiger partial charge on any atom is 0.0514 e. The van der Waals surface area contributed by atoms with Gasteiger partial charge in [0.15, 0.2) is 0 Å². The Bertz CT molecular complexity index is 558. The van der Waals surface area contributed by atoms with Crippen LogP contribution in [0, 0.1) is 0 Å². The molecule has 0 spiro atoms. The van der Waals surface area contributed by atoms with Gasteiger partial charge in [0.1, 0.15) is 0 Å². The van der Waals surface area contributed by atoms with E-state index in [0.29, 0.717) is 31.3 Å². The van der Waals surface area contributed by atoms with Gasteiger partial charge in [0, 0.05) is 21.8 Å². The van der Waals surface area contributed by atoms with Crippen molar-refractivity contribution in [3.63, 3.8) is 0 Å². The highest BCUT2D eigenvalue weighted by atomic mass is 35.5. The number of hydrogen-bond donors (Lipinski definition) is 1. The Kier molecular flexibility index (Phi) is 3.74. The second-order valence-electron chi connectivity index (χ2n) is 3.48. The number of nitrogen functional groups attached to an aromatic ring is 1. The van der Waals surface area contributed by atoms with Crippen LogP contribution in [0.1, 0.15) is 0 Å². The van der Waals surface area contributed by atoms with Crippen molar-refractivity contribution < 1.29 is 0 Å². The fraction of sp³-hybridized carbons (Fsp3) is 0. The summed E-state index contributed by atoms with van der Waals surface area (Å²) in [5.41, 5.74) is 7.60. The standard InChI is InChI=1S/C12H7Cl4N/c13-6-3-10(15)12(11(16)4-6)8-2-1-7(17)5-9(8)14/h1-5H,17H2. The van der Waals surface area contributed by atoms with Crippen LogP contribution in [0.25, 0.3) is 11.1 Å². The molecule has 17 heavy (non-hydrogen) atoms. The van der Waals surface area contributed by atoms with Gasteiger partial charge < -0.3 is 5.73 Å². The summed E-state index contributed by atoms with van der Waals surface area (Å²) >= 11 is 24.2. The smallest absolute Gasteiger partial charge is 0.0514 e. The normalized spacial score (nSPS) is 10.6. The second kappa shape index (κ2) is 4.95. The minimum Gasteiger partial charge on any atom is -0.399 e. The maximum absolute atomic E-state index is 6.12. The molecule has 0 saturated carbocycles. The lowest BCUT2D eigenvalue weighted by atomic mass is 10.1. The summed E-state index contributed by atoms with van der Waals surface area (Å²) in [6.45, 7) is 0. The van der Waals surface area contributed by atoms with Crippen LogP contribution >= 0.6 is 46.4 Å². The van der Waals surface area contributed by atoms with E-state index in [1.807, 2.05) is 0 Å². The van der Waals surface area contributed by atoms with Gasteiger partial charge in [-0.15, -0.1) is 0 Å². The zero-order valence-electron chi connectivity index (χ0n) is 8.48. The first-order valence-electron chi connectivity index (χ1n) is 4.69. The quantitative estimate of drug-likeness (QED) is 0.687. The molecule has 0 heterocycles. The monoisotopic (exact) mass is 305 g/mol. The van der Waals surface area contributed by atoms with Crippen LogP contribution in [0.2, 0.25) is 20.1 Å². The molecule has 0 bridgehead atoms. The maximum atomic E-state index is 6.12. The SMILES string of the molecule is Nc1ccc(-c2c(Cl)cc(Cl)cc2Cl)c(Cl)c1. The minimum atomic E-state index is 0.453. The van der Waals surface area contributed by atoms with Crippen molar-refractivity contribution in [2.75, 3.05) is 5.73 Å². The average molecular weight is 307 g/mol. The largest absolute Gasteiger partial charge is 0.399 e. The van der Waals surface area contributed by atoms with Crippen molar-refractivity contribution >= 4 is 52.1 Å². The molecular formula is C12H7Cl4N. The lowest BCUT2D eigenvalue weighted by molar-refractivity contribution is 1.61. The minimum absolute atomic E-state index is 0.453. The lowest BCUT2D eigenvalue weighted by Crippen LogP contribution is -1.88. The Morgan fingerprint density at radius 1 is 0.765 bits per heavy atom. The van der Waals surface area contributed by atoms with E-state index in [0.717, 1.165) is 5.56 Å². The van der Waals surface area contributed by atoms with E-state index in [4.69, 9.17) is 52.1 Å². The van der Waals surface area contributed by atoms with E-state index in [-0.39, 0.29) is 0 Å². The van der Waals surface area contributed by atoms with Crippen molar-refractivity contribution in [1.82, 2.24) is 0 Å². The predicted molar refractivity (Wildman–Crippen MR) is 76.3 cm³/mol. The molecule has 2 aromatic rings. The van der Waals surface area contributed by atoms with Crippen LogP contribution in [0.15, 0.2) is 30.3 Å². The Morgan fingerprint density at radius 2 is 1.35 bits per heavy atom. The Balaban J connectivity index is 2.68. The van der Waals surface area contributed by atoms with E-state index < -0.39 is 0 Å². The Labute approximate surface area is 119 Å². The van der Waals surface area contributed by atoms with Crippen LogP contribution in [-0.2, 0) is 0 Å². The van der Waals surface area contributed by atoms with Crippen molar-refractivity contribution in [2.24, 2.45) is 0 Å². The van der Waals surface area contributed by atoms with Gasteiger partial charge in [0.05, 0.1) is 15.1 Å². The van der Waals surface area contributed by atoms with Crippen LogP contribution in [0.4, 0.5) is 5.69 Å². The molecule has 2 rings (SSSR count). The highest BCUT2D eigenvalue weighted by Gasteiger charge is 2.13. The first kappa shape index (κ1) is 12.8. The van der Waals surface area contributed by atoms with Crippen LogP contribution < -0.4 is 5.73 Å². The molecule has 0 radical (unpaired) electrons. The third-order valence-corrected chi connectivity index (χ3v) is 3.40. The summed E-state index contributed by atoms with van der Waals surface area (Å²) in [7, 11) is 0. The zero-order chi connectivity index (χ0) is 12.6. The van der Waals surface area contributed by atoms with Crippen LogP contribution in [0.5, 0.6) is 0 Å². The summed E-state index contributed by atoms with van der Waals surface area (Å²) in [6.07, 6.45) is 0. The molecule has 5 heteroatoms. The highest BCUT2D eigenvalue weighted by Crippen LogP contribution is 2.40. The van der Waals surface area contributed by atoms with E-state index in [1.54, 1.807) is 30.3 Å². The van der Waals surface area contributed by atoms with Crippen molar-refractivity contribution in [3.8, 4) is 11.1 Å². The lowest BCUT2D eigenvalue weighted by Gasteiger charge is -2.10. The Hall–Kier alpha value is -0.600. The third-order valence-electron chi connectivity index (χ3n) is 2.27. The van der Waals surface area contributed by atoms with Crippen LogP contribution in [-0.4, -0.2) is 0 Å². The van der Waals surface area contributed by atoms with Crippen molar-refractivity contribution in [1.29, 1.82) is 0 Å². The molecule has 0 aliphatic rings. The predicted octanol–water partition coefficient (Wildman–Crippen LogP) is 5.55. The number of nitrogens with two attached hydrogens (primary N) is 1. The van der Waals surface area contributed by atoms with Gasteiger partial charge in [-0.25, -0.2) is 0 Å². The second-order valence-corrected chi connectivity index (χ2v) is 5.14. The van der Waals surface area contributed by atoms with Crippen molar-refractivity contribution in [3.05, 3.63) is 50.4 Å². The molecule has 0 saturated heterocycles. The molecule has 1 nitrogen and oxygen atoms in total. The zero-order valence-corrected chi connectivity index (χ0v) is 11.5. The molecule has 0 fully saturated rings. The molecule has 0 aromatic heterocycles. The topological polar surface area (TPSA) is 26.0 Å². The molecule has 2 N–H and O–H groups in total. The fourth-order valence-corrected chi connectivity index (χ4v) is 2.84. The first-order chi connectivity index (χ1) is 7.99. The van der Waals surface area contributed by atoms with Gasteiger partial charge in [0.2, 0.25) is 0 Å². The van der Waals surface area contributed by atoms with Gasteiger partial charge in [0.25, 0.3) is 0 Å². The number of benzene rings is 2. The van der Waals surface area contributed by atoms with E-state index >= 15 is 0 Å². The number of anilines is 1. The van der Waals surface area contributed by atoms with Crippen LogP contribution in [0.3, 0.4) is 0 Å². The number of halogens is 4. The van der Waals surface area contributed by atoms with Gasteiger partial charge >= 0.3 is 0 Å². The fourth-order valence-electron chi connectivity index (χ4n) is 1.53. The van der Waals surface area contributed by atoms with E-state index in [2.05, 4.69) is 0 Å². The van der Waals surface area contributed by atoms with Gasteiger partial charge in [-0.05, 0) is 24.3 Å². The summed E-state index contributed by atoms with van der Waals surface area (Å²) in [5.74, 6) is 0. The summed E-state index contributed by atoms with van der Waals surface area (Å²) in [6, 6.07) is 8.41. The molecule has 2 aromatic carbocycles. The summed E-state index contributed by atoms with van der Waals surface area (Å²) in [5, 5.41) is 1.88. The first-order valence-corrected chi connectivity index (χ1v) is 6.20. The van der Waals surface area contributed by atoms with Crippen molar-refractivity contribution in [2.45, 2.75) is 0 Å². The van der Waals surface area contributed by atoms with E-state index in [1.165, 1.54) is 0 Å².